The van der Waals surface area contributed by atoms with Crippen LogP contribution in [0.25, 0.3) is 11.2 Å². The minimum Gasteiger partial charge on any atom is -0.368 e. The van der Waals surface area contributed by atoms with Crippen molar-refractivity contribution in [3.05, 3.63) is 24.5 Å². The molecule has 1 saturated heterocycles. The molecule has 5 rings (SSSR count). The summed E-state index contributed by atoms with van der Waals surface area (Å²) >= 11 is 0. The number of nitrogens with one attached hydrogen (secondary N) is 1. The molecule has 2 aliphatic rings. The number of aromatic nitrogens is 7. The zero-order chi connectivity index (χ0) is 14.5. The molecule has 2 aliphatic heterocycles. The molecule has 1 N–H and O–H groups in total. The van der Waals surface area contributed by atoms with Crippen molar-refractivity contribution in [1.29, 1.82) is 0 Å². The SMILES string of the molecule is c1nc(N2CC[C@H]3[C@H](C2)OCc2cnnn23)c2[nH]cnc2n1. The van der Waals surface area contributed by atoms with Crippen LogP contribution in [0.15, 0.2) is 18.9 Å². The van der Waals surface area contributed by atoms with Gasteiger partial charge in [0.05, 0.1) is 37.0 Å². The van der Waals surface area contributed by atoms with Crippen molar-refractivity contribution in [3.63, 3.8) is 0 Å². The number of H-pyrrole nitrogens is 1. The average Bonchev–Trinajstić information content (AvgIpc) is 3.22. The van der Waals surface area contributed by atoms with Crippen LogP contribution in [-0.2, 0) is 11.3 Å². The zero-order valence-corrected chi connectivity index (χ0v) is 11.8. The number of anilines is 1. The first-order chi connectivity index (χ1) is 10.9. The standard InChI is InChI=1S/C13H14N8O/c1-2-20(13-11-12(15-6-14-11)16-7-17-13)4-10-9(1)21-8(5-22-10)3-18-19-21/h3,6-7,9-10H,1-2,4-5H2,(H,14,15,16,17)/t9-,10-/m0/s1. The first-order valence-electron chi connectivity index (χ1n) is 7.30. The van der Waals surface area contributed by atoms with Crippen LogP contribution in [0.1, 0.15) is 18.2 Å². The molecule has 1 fully saturated rings. The van der Waals surface area contributed by atoms with E-state index in [2.05, 4.69) is 35.1 Å². The summed E-state index contributed by atoms with van der Waals surface area (Å²) in [7, 11) is 0. The second kappa shape index (κ2) is 4.47. The highest BCUT2D eigenvalue weighted by Gasteiger charge is 2.37. The Kier molecular flexibility index (Phi) is 2.45. The maximum absolute atomic E-state index is 6.00. The Balaban J connectivity index is 1.47. The van der Waals surface area contributed by atoms with Gasteiger partial charge in [0, 0.05) is 13.1 Å². The number of fused-ring (bicyclic) bond motifs is 4. The van der Waals surface area contributed by atoms with E-state index in [0.29, 0.717) is 12.3 Å². The van der Waals surface area contributed by atoms with Gasteiger partial charge in [0.1, 0.15) is 11.8 Å². The fourth-order valence-electron chi connectivity index (χ4n) is 3.37. The van der Waals surface area contributed by atoms with Crippen molar-refractivity contribution in [2.75, 3.05) is 18.0 Å². The number of rotatable bonds is 1. The first-order valence-corrected chi connectivity index (χ1v) is 7.30. The molecular formula is C13H14N8O. The number of ether oxygens (including phenoxy) is 1. The lowest BCUT2D eigenvalue weighted by molar-refractivity contribution is -0.0334. The van der Waals surface area contributed by atoms with Crippen LogP contribution in [0.3, 0.4) is 0 Å². The summed E-state index contributed by atoms with van der Waals surface area (Å²) in [6.45, 7) is 2.22. The van der Waals surface area contributed by atoms with E-state index in [4.69, 9.17) is 4.74 Å². The molecule has 9 nitrogen and oxygen atoms in total. The molecule has 0 saturated carbocycles. The lowest BCUT2D eigenvalue weighted by Gasteiger charge is -2.41. The minimum absolute atomic E-state index is 0.0934. The first kappa shape index (κ1) is 12.0. The van der Waals surface area contributed by atoms with Crippen LogP contribution in [0, 0.1) is 0 Å². The van der Waals surface area contributed by atoms with Gasteiger partial charge in [0.25, 0.3) is 0 Å². The second-order valence-electron chi connectivity index (χ2n) is 5.62. The highest BCUT2D eigenvalue weighted by atomic mass is 16.5. The van der Waals surface area contributed by atoms with Crippen LogP contribution in [0.2, 0.25) is 0 Å². The maximum Gasteiger partial charge on any atom is 0.182 e. The molecule has 0 unspecified atom stereocenters. The molecule has 0 aliphatic carbocycles. The molecular weight excluding hydrogens is 284 g/mol. The average molecular weight is 298 g/mol. The third kappa shape index (κ3) is 1.65. The van der Waals surface area contributed by atoms with Crippen LogP contribution >= 0.6 is 0 Å². The highest BCUT2D eigenvalue weighted by molar-refractivity contribution is 5.82. The van der Waals surface area contributed by atoms with E-state index in [0.717, 1.165) is 36.5 Å². The number of nitrogens with zero attached hydrogens (tertiary/aromatic N) is 7. The van der Waals surface area contributed by atoms with Gasteiger partial charge in [-0.05, 0) is 6.42 Å². The smallest absolute Gasteiger partial charge is 0.182 e. The molecule has 0 bridgehead atoms. The molecule has 0 aromatic carbocycles. The number of imidazole rings is 1. The Morgan fingerprint density at radius 3 is 3.27 bits per heavy atom. The molecule has 0 amide bonds. The van der Waals surface area contributed by atoms with Gasteiger partial charge in [-0.15, -0.1) is 5.10 Å². The maximum atomic E-state index is 6.00. The van der Waals surface area contributed by atoms with Crippen molar-refractivity contribution in [2.24, 2.45) is 0 Å². The van der Waals surface area contributed by atoms with E-state index in [1.807, 2.05) is 4.68 Å². The highest BCUT2D eigenvalue weighted by Crippen LogP contribution is 2.33. The molecule has 3 aromatic rings. The largest absolute Gasteiger partial charge is 0.368 e. The van der Waals surface area contributed by atoms with Gasteiger partial charge in [-0.25, -0.2) is 19.6 Å². The molecule has 112 valence electrons. The minimum atomic E-state index is 0.0934. The molecule has 5 heterocycles. The Hall–Kier alpha value is -2.55. The number of piperidine rings is 1. The molecule has 22 heavy (non-hydrogen) atoms. The number of aromatic amines is 1. The number of hydrogen-bond acceptors (Lipinski definition) is 7. The predicted octanol–water partition coefficient (Wildman–Crippen LogP) is 0.295. The van der Waals surface area contributed by atoms with E-state index in [9.17, 15) is 0 Å². The van der Waals surface area contributed by atoms with Crippen LogP contribution in [0.4, 0.5) is 5.82 Å². The Bertz CT molecular complexity index is 826. The third-order valence-corrected chi connectivity index (χ3v) is 4.44. The lowest BCUT2D eigenvalue weighted by Crippen LogP contribution is -2.48. The molecule has 2 atom stereocenters. The van der Waals surface area contributed by atoms with Gasteiger partial charge in [0.15, 0.2) is 11.5 Å². The molecule has 3 aromatic heterocycles. The summed E-state index contributed by atoms with van der Waals surface area (Å²) < 4.78 is 8.01. The van der Waals surface area contributed by atoms with Crippen molar-refractivity contribution < 1.29 is 4.74 Å². The zero-order valence-electron chi connectivity index (χ0n) is 11.8. The fourth-order valence-corrected chi connectivity index (χ4v) is 3.37. The molecule has 9 heteroatoms. The Morgan fingerprint density at radius 1 is 1.27 bits per heavy atom. The van der Waals surface area contributed by atoms with Gasteiger partial charge in [-0.3, -0.25) is 0 Å². The summed E-state index contributed by atoms with van der Waals surface area (Å²) in [6.07, 6.45) is 6.02. The summed E-state index contributed by atoms with van der Waals surface area (Å²) in [5, 5.41) is 8.20. The van der Waals surface area contributed by atoms with E-state index in [1.165, 1.54) is 0 Å². The summed E-state index contributed by atoms with van der Waals surface area (Å²) in [5.74, 6) is 0.883. The van der Waals surface area contributed by atoms with Crippen molar-refractivity contribution in [1.82, 2.24) is 34.9 Å². The number of hydrogen-bond donors (Lipinski definition) is 1. The van der Waals surface area contributed by atoms with E-state index < -0.39 is 0 Å². The van der Waals surface area contributed by atoms with Gasteiger partial charge < -0.3 is 14.6 Å². The van der Waals surface area contributed by atoms with Crippen molar-refractivity contribution in [2.45, 2.75) is 25.2 Å². The fraction of sp³-hybridized carbons (Fsp3) is 0.462. The predicted molar refractivity (Wildman–Crippen MR) is 76.1 cm³/mol. The quantitative estimate of drug-likeness (QED) is 0.689. The van der Waals surface area contributed by atoms with Crippen LogP contribution < -0.4 is 4.90 Å². The Morgan fingerprint density at radius 2 is 2.27 bits per heavy atom. The van der Waals surface area contributed by atoms with Crippen LogP contribution in [0.5, 0.6) is 0 Å². The monoisotopic (exact) mass is 298 g/mol. The van der Waals surface area contributed by atoms with E-state index >= 15 is 0 Å². The van der Waals surface area contributed by atoms with Gasteiger partial charge in [-0.1, -0.05) is 5.21 Å². The molecule has 0 spiro atoms. The van der Waals surface area contributed by atoms with Crippen molar-refractivity contribution in [3.8, 4) is 0 Å². The van der Waals surface area contributed by atoms with Gasteiger partial charge >= 0.3 is 0 Å². The summed E-state index contributed by atoms with van der Waals surface area (Å²) in [6, 6.07) is 0.251. The Labute approximate surface area is 125 Å². The van der Waals surface area contributed by atoms with Crippen molar-refractivity contribution >= 4 is 17.0 Å². The van der Waals surface area contributed by atoms with Crippen LogP contribution in [-0.4, -0.2) is 54.1 Å². The van der Waals surface area contributed by atoms with E-state index in [-0.39, 0.29) is 12.1 Å². The molecule has 0 radical (unpaired) electrons. The van der Waals surface area contributed by atoms with Gasteiger partial charge in [0.2, 0.25) is 0 Å². The van der Waals surface area contributed by atoms with Gasteiger partial charge in [-0.2, -0.15) is 0 Å². The lowest BCUT2D eigenvalue weighted by atomic mass is 10.00. The normalized spacial score (nSPS) is 24.3. The summed E-state index contributed by atoms with van der Waals surface area (Å²) in [5.41, 5.74) is 2.61. The second-order valence-corrected chi connectivity index (χ2v) is 5.62. The van der Waals surface area contributed by atoms with E-state index in [1.54, 1.807) is 18.9 Å². The topological polar surface area (TPSA) is 97.6 Å². The third-order valence-electron chi connectivity index (χ3n) is 4.44. The summed E-state index contributed by atoms with van der Waals surface area (Å²) in [4.78, 5) is 18.1.